The van der Waals surface area contributed by atoms with Crippen LogP contribution in [0.15, 0.2) is 24.3 Å². The quantitative estimate of drug-likeness (QED) is 0.751. The summed E-state index contributed by atoms with van der Waals surface area (Å²) in [6.07, 6.45) is 4.12. The fourth-order valence-electron chi connectivity index (χ4n) is 3.22. The van der Waals surface area contributed by atoms with Crippen molar-refractivity contribution in [2.45, 2.75) is 43.6 Å². The van der Waals surface area contributed by atoms with Crippen molar-refractivity contribution >= 4 is 46.4 Å². The van der Waals surface area contributed by atoms with Crippen LogP contribution in [0.5, 0.6) is 0 Å². The molecule has 0 radical (unpaired) electrons. The first-order chi connectivity index (χ1) is 12.5. The van der Waals surface area contributed by atoms with E-state index in [1.165, 1.54) is 16.2 Å². The van der Waals surface area contributed by atoms with Crippen LogP contribution in [0.1, 0.15) is 47.7 Å². The first-order valence-corrected chi connectivity index (χ1v) is 10.2. The van der Waals surface area contributed by atoms with Crippen LogP contribution in [0.3, 0.4) is 0 Å². The van der Waals surface area contributed by atoms with Gasteiger partial charge in [-0.1, -0.05) is 29.8 Å². The summed E-state index contributed by atoms with van der Waals surface area (Å²) in [5.41, 5.74) is 7.59. The number of hydrogen-bond donors (Lipinski definition) is 2. The van der Waals surface area contributed by atoms with E-state index in [-0.39, 0.29) is 18.3 Å². The lowest BCUT2D eigenvalue weighted by Crippen LogP contribution is -2.54. The molecule has 8 heteroatoms. The molecule has 2 heterocycles. The molecule has 2 fully saturated rings. The first-order valence-electron chi connectivity index (χ1n) is 8.96. The number of halogens is 2. The summed E-state index contributed by atoms with van der Waals surface area (Å²) in [5, 5.41) is 4.35. The molecule has 1 saturated heterocycles. The summed E-state index contributed by atoms with van der Waals surface area (Å²) in [5.74, 6) is 0.338. The summed E-state index contributed by atoms with van der Waals surface area (Å²) in [6, 6.07) is 7.86. The van der Waals surface area contributed by atoms with Gasteiger partial charge in [0, 0.05) is 35.5 Å². The highest BCUT2D eigenvalue weighted by atomic mass is 35.5. The molecular formula is C19H23Cl2N3O2S. The molecule has 2 aromatic rings. The van der Waals surface area contributed by atoms with Gasteiger partial charge in [0.25, 0.3) is 0 Å². The number of carbonyl (C=O) groups is 1. The van der Waals surface area contributed by atoms with Gasteiger partial charge in [-0.05, 0) is 37.3 Å². The van der Waals surface area contributed by atoms with E-state index < -0.39 is 5.54 Å². The van der Waals surface area contributed by atoms with Crippen molar-refractivity contribution in [2.24, 2.45) is 5.73 Å². The van der Waals surface area contributed by atoms with E-state index in [0.29, 0.717) is 37.1 Å². The third kappa shape index (κ3) is 4.63. The number of rotatable bonds is 5. The number of nitrogens with zero attached hydrogens (tertiary/aromatic N) is 1. The van der Waals surface area contributed by atoms with Gasteiger partial charge < -0.3 is 15.8 Å². The Kier molecular flexibility index (Phi) is 6.43. The number of nitrogens with one attached hydrogen (secondary N) is 1. The Labute approximate surface area is 174 Å². The number of ether oxygens (including phenoxy) is 1. The molecule has 0 bridgehead atoms. The Bertz CT molecular complexity index is 817. The Hall–Kier alpha value is -1.18. The van der Waals surface area contributed by atoms with E-state index in [4.69, 9.17) is 27.1 Å². The number of benzene rings is 1. The van der Waals surface area contributed by atoms with Gasteiger partial charge in [-0.15, -0.1) is 23.7 Å². The predicted molar refractivity (Wildman–Crippen MR) is 111 cm³/mol. The third-order valence-electron chi connectivity index (χ3n) is 5.06. The second-order valence-corrected chi connectivity index (χ2v) is 8.58. The standard InChI is InChI=1S/C19H22ClN3O2S.ClH/c20-14-4-2-1-3-13(14)11-15-16(12-5-6-12)22-18(26-15)23-17(24)19(21)7-9-25-10-8-19;/h1-4,12H,5-11,21H2,(H,22,23,24);1H. The Morgan fingerprint density at radius 1 is 1.33 bits per heavy atom. The number of anilines is 1. The van der Waals surface area contributed by atoms with Gasteiger partial charge in [-0.25, -0.2) is 4.98 Å². The van der Waals surface area contributed by atoms with Crippen molar-refractivity contribution < 1.29 is 9.53 Å². The molecule has 146 valence electrons. The molecule has 27 heavy (non-hydrogen) atoms. The predicted octanol–water partition coefficient (Wildman–Crippen LogP) is 4.13. The van der Waals surface area contributed by atoms with Crippen molar-refractivity contribution in [1.82, 2.24) is 4.98 Å². The fraction of sp³-hybridized carbons (Fsp3) is 0.474. The van der Waals surface area contributed by atoms with Crippen LogP contribution in [0.25, 0.3) is 0 Å². The van der Waals surface area contributed by atoms with E-state index in [1.807, 2.05) is 24.3 Å². The third-order valence-corrected chi connectivity index (χ3v) is 6.41. The number of carbonyl (C=O) groups excluding carboxylic acids is 1. The van der Waals surface area contributed by atoms with Crippen LogP contribution in [-0.2, 0) is 16.0 Å². The highest BCUT2D eigenvalue weighted by molar-refractivity contribution is 7.16. The molecule has 3 N–H and O–H groups in total. The smallest absolute Gasteiger partial charge is 0.246 e. The molecule has 0 spiro atoms. The van der Waals surface area contributed by atoms with E-state index in [2.05, 4.69) is 5.32 Å². The molecule has 0 unspecified atom stereocenters. The number of nitrogens with two attached hydrogens (primary N) is 1. The second kappa shape index (κ2) is 8.45. The fourth-order valence-corrected chi connectivity index (χ4v) is 4.49. The topological polar surface area (TPSA) is 77.2 Å². The van der Waals surface area contributed by atoms with Crippen LogP contribution < -0.4 is 11.1 Å². The van der Waals surface area contributed by atoms with Crippen molar-refractivity contribution in [3.63, 3.8) is 0 Å². The van der Waals surface area contributed by atoms with Crippen molar-refractivity contribution in [2.75, 3.05) is 18.5 Å². The maximum absolute atomic E-state index is 12.7. The molecule has 4 rings (SSSR count). The zero-order valence-corrected chi connectivity index (χ0v) is 17.3. The minimum atomic E-state index is -0.868. The minimum absolute atomic E-state index is 0. The van der Waals surface area contributed by atoms with Crippen LogP contribution in [-0.4, -0.2) is 29.6 Å². The number of aromatic nitrogens is 1. The van der Waals surface area contributed by atoms with E-state index in [9.17, 15) is 4.79 Å². The second-order valence-electron chi connectivity index (χ2n) is 7.09. The van der Waals surface area contributed by atoms with E-state index >= 15 is 0 Å². The zero-order valence-electron chi connectivity index (χ0n) is 14.9. The molecule has 1 amide bonds. The average molecular weight is 428 g/mol. The van der Waals surface area contributed by atoms with Crippen molar-refractivity contribution in [3.05, 3.63) is 45.4 Å². The van der Waals surface area contributed by atoms with Gasteiger partial charge in [-0.2, -0.15) is 0 Å². The largest absolute Gasteiger partial charge is 0.381 e. The molecule has 0 atom stereocenters. The lowest BCUT2D eigenvalue weighted by molar-refractivity contribution is -0.124. The molecule has 1 aromatic heterocycles. The van der Waals surface area contributed by atoms with Gasteiger partial charge in [0.2, 0.25) is 5.91 Å². The van der Waals surface area contributed by atoms with Crippen LogP contribution in [0.2, 0.25) is 5.02 Å². The van der Waals surface area contributed by atoms with Gasteiger partial charge in [0.15, 0.2) is 5.13 Å². The molecule has 1 aliphatic carbocycles. The van der Waals surface area contributed by atoms with Gasteiger partial charge in [0.1, 0.15) is 5.54 Å². The summed E-state index contributed by atoms with van der Waals surface area (Å²) >= 11 is 7.85. The number of amides is 1. The van der Waals surface area contributed by atoms with Crippen molar-refractivity contribution in [3.8, 4) is 0 Å². The van der Waals surface area contributed by atoms with Gasteiger partial charge >= 0.3 is 0 Å². The van der Waals surface area contributed by atoms with E-state index in [1.54, 1.807) is 0 Å². The SMILES string of the molecule is Cl.NC1(C(=O)Nc2nc(C3CC3)c(Cc3ccccc3Cl)s2)CCOCC1. The van der Waals surface area contributed by atoms with Gasteiger partial charge in [0.05, 0.1) is 5.69 Å². The van der Waals surface area contributed by atoms with Crippen LogP contribution in [0.4, 0.5) is 5.13 Å². The molecule has 1 aliphatic heterocycles. The highest BCUT2D eigenvalue weighted by Crippen LogP contribution is 2.44. The van der Waals surface area contributed by atoms with Crippen molar-refractivity contribution in [1.29, 1.82) is 0 Å². The molecule has 2 aliphatic rings. The molecule has 1 aromatic carbocycles. The molecular weight excluding hydrogens is 405 g/mol. The summed E-state index contributed by atoms with van der Waals surface area (Å²) in [7, 11) is 0. The summed E-state index contributed by atoms with van der Waals surface area (Å²) < 4.78 is 5.32. The number of hydrogen-bond acceptors (Lipinski definition) is 5. The normalized spacial score (nSPS) is 18.6. The Balaban J connectivity index is 0.00000210. The maximum atomic E-state index is 12.7. The van der Waals surface area contributed by atoms with E-state index in [0.717, 1.165) is 35.5 Å². The summed E-state index contributed by atoms with van der Waals surface area (Å²) in [6.45, 7) is 1.04. The lowest BCUT2D eigenvalue weighted by atomic mass is 9.90. The van der Waals surface area contributed by atoms with Gasteiger partial charge in [-0.3, -0.25) is 4.79 Å². The Morgan fingerprint density at radius 2 is 2.04 bits per heavy atom. The minimum Gasteiger partial charge on any atom is -0.381 e. The van der Waals surface area contributed by atoms with Crippen LogP contribution >= 0.6 is 35.3 Å². The highest BCUT2D eigenvalue weighted by Gasteiger charge is 2.37. The molecule has 1 saturated carbocycles. The van der Waals surface area contributed by atoms with Crippen LogP contribution in [0, 0.1) is 0 Å². The number of thiazole rings is 1. The monoisotopic (exact) mass is 427 g/mol. The maximum Gasteiger partial charge on any atom is 0.246 e. The molecule has 5 nitrogen and oxygen atoms in total. The lowest BCUT2D eigenvalue weighted by Gasteiger charge is -2.31. The summed E-state index contributed by atoms with van der Waals surface area (Å²) in [4.78, 5) is 18.6. The first kappa shape index (κ1) is 20.6. The Morgan fingerprint density at radius 3 is 2.70 bits per heavy atom. The zero-order chi connectivity index (χ0) is 18.1. The average Bonchev–Trinajstić information content (AvgIpc) is 3.40.